The van der Waals surface area contributed by atoms with Crippen LogP contribution in [0.1, 0.15) is 12.5 Å². The molecule has 0 saturated carbocycles. The lowest BCUT2D eigenvalue weighted by atomic mass is 10.2. The van der Waals surface area contributed by atoms with Crippen molar-refractivity contribution in [1.29, 1.82) is 0 Å². The largest absolute Gasteiger partial charge is 0.494 e. The fourth-order valence-electron chi connectivity index (χ4n) is 1.95. The second-order valence-electron chi connectivity index (χ2n) is 4.71. The number of ether oxygens (including phenoxy) is 1. The van der Waals surface area contributed by atoms with E-state index >= 15 is 0 Å². The van der Waals surface area contributed by atoms with Gasteiger partial charge in [0.2, 0.25) is 5.91 Å². The van der Waals surface area contributed by atoms with Gasteiger partial charge in [0.1, 0.15) is 17.4 Å². The number of hydrogen-bond acceptors (Lipinski definition) is 3. The molecule has 1 amide bonds. The number of carbonyl (C=O) groups is 1. The van der Waals surface area contributed by atoms with Crippen LogP contribution in [0.4, 0.5) is 14.5 Å². The van der Waals surface area contributed by atoms with E-state index < -0.39 is 11.6 Å². The molecule has 2 rings (SSSR count). The first-order chi connectivity index (χ1) is 11.1. The zero-order valence-electron chi connectivity index (χ0n) is 12.6. The molecule has 2 aromatic rings. The minimum Gasteiger partial charge on any atom is -0.494 e. The van der Waals surface area contributed by atoms with Gasteiger partial charge in [0.25, 0.3) is 0 Å². The number of nitrogens with one attached hydrogen (secondary N) is 1. The Morgan fingerprint density at radius 2 is 2.00 bits per heavy atom. The number of carbonyl (C=O) groups excluding carboxylic acids is 1. The van der Waals surface area contributed by atoms with E-state index in [4.69, 9.17) is 4.74 Å². The van der Waals surface area contributed by atoms with E-state index in [0.29, 0.717) is 12.4 Å². The molecule has 0 aliphatic rings. The monoisotopic (exact) mass is 337 g/mol. The average molecular weight is 337 g/mol. The van der Waals surface area contributed by atoms with E-state index in [2.05, 4.69) is 5.32 Å². The molecule has 0 aliphatic heterocycles. The molecule has 0 radical (unpaired) electrons. The van der Waals surface area contributed by atoms with Crippen molar-refractivity contribution in [3.63, 3.8) is 0 Å². The summed E-state index contributed by atoms with van der Waals surface area (Å²) in [5.74, 6) is -0.120. The van der Waals surface area contributed by atoms with Crippen molar-refractivity contribution >= 4 is 23.4 Å². The van der Waals surface area contributed by atoms with Gasteiger partial charge >= 0.3 is 0 Å². The van der Waals surface area contributed by atoms with E-state index in [1.54, 1.807) is 0 Å². The number of para-hydroxylation sites is 1. The van der Waals surface area contributed by atoms with Crippen LogP contribution in [0.15, 0.2) is 42.5 Å². The topological polar surface area (TPSA) is 38.3 Å². The molecular formula is C17H17F2NO2S. The van der Waals surface area contributed by atoms with Crippen LogP contribution < -0.4 is 10.1 Å². The lowest BCUT2D eigenvalue weighted by Crippen LogP contribution is -2.15. The molecule has 122 valence electrons. The lowest BCUT2D eigenvalue weighted by Gasteiger charge is -2.10. The number of thioether (sulfide) groups is 1. The normalized spacial score (nSPS) is 10.4. The van der Waals surface area contributed by atoms with Crippen LogP contribution in [0, 0.1) is 11.6 Å². The third-order valence-corrected chi connectivity index (χ3v) is 3.95. The van der Waals surface area contributed by atoms with Crippen molar-refractivity contribution < 1.29 is 18.3 Å². The van der Waals surface area contributed by atoms with Crippen molar-refractivity contribution in [2.45, 2.75) is 12.7 Å². The molecule has 23 heavy (non-hydrogen) atoms. The molecule has 0 saturated heterocycles. The van der Waals surface area contributed by atoms with E-state index in [-0.39, 0.29) is 17.3 Å². The Hall–Kier alpha value is -2.08. The van der Waals surface area contributed by atoms with Gasteiger partial charge in [-0.15, -0.1) is 11.8 Å². The van der Waals surface area contributed by atoms with Crippen LogP contribution in [0.3, 0.4) is 0 Å². The lowest BCUT2D eigenvalue weighted by molar-refractivity contribution is -0.113. The van der Waals surface area contributed by atoms with E-state index in [1.807, 2.05) is 31.2 Å². The number of anilines is 1. The summed E-state index contributed by atoms with van der Waals surface area (Å²) < 4.78 is 32.0. The van der Waals surface area contributed by atoms with Crippen molar-refractivity contribution in [2.75, 3.05) is 17.7 Å². The molecule has 2 aromatic carbocycles. The van der Waals surface area contributed by atoms with Gasteiger partial charge in [0, 0.05) is 17.4 Å². The minimum atomic E-state index is -0.661. The Morgan fingerprint density at radius 1 is 1.22 bits per heavy atom. The van der Waals surface area contributed by atoms with Crippen molar-refractivity contribution in [2.24, 2.45) is 0 Å². The molecule has 0 heterocycles. The molecule has 1 N–H and O–H groups in total. The first-order valence-corrected chi connectivity index (χ1v) is 8.29. The first kappa shape index (κ1) is 17.3. The molecule has 0 fully saturated rings. The predicted octanol–water partition coefficient (Wildman–Crippen LogP) is 4.24. The zero-order valence-corrected chi connectivity index (χ0v) is 13.5. The summed E-state index contributed by atoms with van der Waals surface area (Å²) >= 11 is 1.38. The molecule has 0 spiro atoms. The summed E-state index contributed by atoms with van der Waals surface area (Å²) in [6.45, 7) is 2.48. The third-order valence-electron chi connectivity index (χ3n) is 2.97. The van der Waals surface area contributed by atoms with Crippen molar-refractivity contribution in [3.8, 4) is 5.75 Å². The number of halogens is 2. The van der Waals surface area contributed by atoms with Gasteiger partial charge in [0.05, 0.1) is 18.0 Å². The number of amides is 1. The van der Waals surface area contributed by atoms with Crippen LogP contribution in [-0.4, -0.2) is 18.3 Å². The van der Waals surface area contributed by atoms with Crippen molar-refractivity contribution in [1.82, 2.24) is 0 Å². The highest BCUT2D eigenvalue weighted by molar-refractivity contribution is 7.99. The third kappa shape index (κ3) is 5.25. The highest BCUT2D eigenvalue weighted by atomic mass is 32.2. The molecule has 0 aromatic heterocycles. The fraction of sp³-hybridized carbons (Fsp3) is 0.235. The van der Waals surface area contributed by atoms with Gasteiger partial charge in [-0.1, -0.05) is 18.2 Å². The highest BCUT2D eigenvalue weighted by Gasteiger charge is 2.09. The molecule has 3 nitrogen and oxygen atoms in total. The predicted molar refractivity (Wildman–Crippen MR) is 88.8 cm³/mol. The maximum absolute atomic E-state index is 13.5. The number of hydrogen-bond donors (Lipinski definition) is 1. The van der Waals surface area contributed by atoms with Crippen LogP contribution in [-0.2, 0) is 10.5 Å². The Balaban J connectivity index is 1.87. The second-order valence-corrected chi connectivity index (χ2v) is 5.69. The summed E-state index contributed by atoms with van der Waals surface area (Å²) in [5, 5.41) is 2.37. The number of benzene rings is 2. The standard InChI is InChI=1S/C17H17F2NO2S/c1-2-22-16-6-4-3-5-12(16)10-23-11-17(21)20-15-9-13(18)7-8-14(15)19/h3-9H,2,10-11H2,1H3,(H,20,21). The maximum Gasteiger partial charge on any atom is 0.234 e. The van der Waals surface area contributed by atoms with E-state index in [9.17, 15) is 13.6 Å². The summed E-state index contributed by atoms with van der Waals surface area (Å²) in [5.41, 5.74) is 0.842. The van der Waals surface area contributed by atoms with Crippen molar-refractivity contribution in [3.05, 3.63) is 59.7 Å². The molecule has 0 atom stereocenters. The Labute approximate surface area is 138 Å². The highest BCUT2D eigenvalue weighted by Crippen LogP contribution is 2.23. The molecular weight excluding hydrogens is 320 g/mol. The summed E-state index contributed by atoms with van der Waals surface area (Å²) in [6, 6.07) is 10.5. The second kappa shape index (κ2) is 8.53. The maximum atomic E-state index is 13.5. The Kier molecular flexibility index (Phi) is 6.40. The molecule has 6 heteroatoms. The smallest absolute Gasteiger partial charge is 0.234 e. The Bertz CT molecular complexity index is 679. The van der Waals surface area contributed by atoms with Crippen LogP contribution in [0.2, 0.25) is 0 Å². The molecule has 0 bridgehead atoms. The van der Waals surface area contributed by atoms with Gasteiger partial charge in [-0.3, -0.25) is 4.79 Å². The van der Waals surface area contributed by atoms with E-state index in [0.717, 1.165) is 29.5 Å². The van der Waals surface area contributed by atoms with Gasteiger partial charge in [-0.25, -0.2) is 8.78 Å². The fourth-order valence-corrected chi connectivity index (χ4v) is 2.77. The summed E-state index contributed by atoms with van der Waals surface area (Å²) in [7, 11) is 0. The van der Waals surface area contributed by atoms with Crippen LogP contribution in [0.5, 0.6) is 5.75 Å². The van der Waals surface area contributed by atoms with Gasteiger partial charge in [-0.2, -0.15) is 0 Å². The summed E-state index contributed by atoms with van der Waals surface area (Å²) in [4.78, 5) is 11.8. The van der Waals surface area contributed by atoms with Crippen LogP contribution in [0.25, 0.3) is 0 Å². The SMILES string of the molecule is CCOc1ccccc1CSCC(=O)Nc1cc(F)ccc1F. The number of rotatable bonds is 7. The average Bonchev–Trinajstić information content (AvgIpc) is 2.53. The van der Waals surface area contributed by atoms with Gasteiger partial charge in [0.15, 0.2) is 0 Å². The molecule has 0 aliphatic carbocycles. The molecule has 0 unspecified atom stereocenters. The first-order valence-electron chi connectivity index (χ1n) is 7.13. The summed E-state index contributed by atoms with van der Waals surface area (Å²) in [6.07, 6.45) is 0. The van der Waals surface area contributed by atoms with E-state index in [1.165, 1.54) is 11.8 Å². The quantitative estimate of drug-likeness (QED) is 0.821. The van der Waals surface area contributed by atoms with Crippen LogP contribution >= 0.6 is 11.8 Å². The van der Waals surface area contributed by atoms with Gasteiger partial charge < -0.3 is 10.1 Å². The minimum absolute atomic E-state index is 0.135. The zero-order chi connectivity index (χ0) is 16.7. The Morgan fingerprint density at radius 3 is 2.78 bits per heavy atom. The van der Waals surface area contributed by atoms with Gasteiger partial charge in [-0.05, 0) is 25.1 Å².